The van der Waals surface area contributed by atoms with Gasteiger partial charge in [0, 0.05) is 0 Å². The molecule has 2 aromatic rings. The molecule has 22 heavy (non-hydrogen) atoms. The minimum atomic E-state index is -0.324. The van der Waals surface area contributed by atoms with Gasteiger partial charge in [0.2, 0.25) is 0 Å². The number of nitrogens with one attached hydrogen (secondary N) is 2. The highest BCUT2D eigenvalue weighted by molar-refractivity contribution is 6.43. The van der Waals surface area contributed by atoms with Gasteiger partial charge in [-0.3, -0.25) is 0 Å². The van der Waals surface area contributed by atoms with Crippen LogP contribution in [0, 0.1) is 13.8 Å². The van der Waals surface area contributed by atoms with Crippen molar-refractivity contribution in [1.29, 1.82) is 0 Å². The van der Waals surface area contributed by atoms with Crippen molar-refractivity contribution in [3.05, 3.63) is 63.1 Å². The van der Waals surface area contributed by atoms with Crippen LogP contribution in [0.3, 0.4) is 0 Å². The van der Waals surface area contributed by atoms with Crippen molar-refractivity contribution < 1.29 is 4.79 Å². The third-order valence-corrected chi connectivity index (χ3v) is 4.40. The van der Waals surface area contributed by atoms with E-state index in [4.69, 9.17) is 23.2 Å². The first-order chi connectivity index (χ1) is 10.4. The first-order valence-corrected chi connectivity index (χ1v) is 7.72. The monoisotopic (exact) mass is 336 g/mol. The van der Waals surface area contributed by atoms with E-state index in [0.29, 0.717) is 15.7 Å². The Labute approximate surface area is 140 Å². The Hall–Kier alpha value is -1.71. The molecule has 2 amide bonds. The van der Waals surface area contributed by atoms with Gasteiger partial charge in [-0.2, -0.15) is 0 Å². The van der Waals surface area contributed by atoms with Crippen molar-refractivity contribution in [3.8, 4) is 0 Å². The van der Waals surface area contributed by atoms with Crippen molar-refractivity contribution in [2.45, 2.75) is 26.8 Å². The molecular weight excluding hydrogens is 319 g/mol. The molecule has 0 saturated carbocycles. The number of urea groups is 1. The molecule has 0 fully saturated rings. The molecule has 0 spiro atoms. The number of carbonyl (C=O) groups excluding carboxylic acids is 1. The number of rotatable bonds is 3. The predicted molar refractivity (Wildman–Crippen MR) is 92.9 cm³/mol. The van der Waals surface area contributed by atoms with E-state index in [1.54, 1.807) is 18.2 Å². The summed E-state index contributed by atoms with van der Waals surface area (Å²) in [6, 6.07) is 10.8. The molecule has 0 radical (unpaired) electrons. The van der Waals surface area contributed by atoms with E-state index in [9.17, 15) is 4.79 Å². The predicted octanol–water partition coefficient (Wildman–Crippen LogP) is 5.49. The number of carbonyl (C=O) groups is 1. The van der Waals surface area contributed by atoms with Gasteiger partial charge in [0.25, 0.3) is 0 Å². The van der Waals surface area contributed by atoms with Crippen molar-refractivity contribution >= 4 is 34.9 Å². The van der Waals surface area contributed by atoms with Crippen LogP contribution in [0.4, 0.5) is 10.5 Å². The second-order valence-corrected chi connectivity index (χ2v) is 6.05. The van der Waals surface area contributed by atoms with Gasteiger partial charge in [-0.25, -0.2) is 4.79 Å². The number of anilines is 1. The zero-order valence-corrected chi connectivity index (χ0v) is 14.2. The maximum atomic E-state index is 12.1. The Morgan fingerprint density at radius 2 is 1.82 bits per heavy atom. The van der Waals surface area contributed by atoms with Crippen LogP contribution in [0.15, 0.2) is 36.4 Å². The minimum Gasteiger partial charge on any atom is -0.331 e. The van der Waals surface area contributed by atoms with Gasteiger partial charge in [0.05, 0.1) is 21.8 Å². The molecule has 0 aliphatic heterocycles. The average molecular weight is 337 g/mol. The second-order valence-electron chi connectivity index (χ2n) is 5.27. The highest BCUT2D eigenvalue weighted by Gasteiger charge is 2.12. The zero-order valence-electron chi connectivity index (χ0n) is 12.7. The topological polar surface area (TPSA) is 41.1 Å². The molecule has 1 unspecified atom stereocenters. The van der Waals surface area contributed by atoms with Crippen LogP contribution in [-0.2, 0) is 0 Å². The summed E-state index contributed by atoms with van der Waals surface area (Å²) in [6.07, 6.45) is 0. The van der Waals surface area contributed by atoms with Crippen molar-refractivity contribution in [2.24, 2.45) is 0 Å². The molecule has 0 saturated heterocycles. The number of hydrogen-bond donors (Lipinski definition) is 2. The van der Waals surface area contributed by atoms with Crippen LogP contribution in [0.1, 0.15) is 29.7 Å². The molecule has 2 rings (SSSR count). The van der Waals surface area contributed by atoms with Gasteiger partial charge in [-0.15, -0.1) is 0 Å². The molecular formula is C17H18Cl2N2O. The number of halogens is 2. The molecule has 0 heterocycles. The van der Waals surface area contributed by atoms with Crippen LogP contribution in [0.2, 0.25) is 10.0 Å². The maximum absolute atomic E-state index is 12.1. The molecule has 2 N–H and O–H groups in total. The summed E-state index contributed by atoms with van der Waals surface area (Å²) in [5.74, 6) is 0. The largest absolute Gasteiger partial charge is 0.331 e. The first-order valence-electron chi connectivity index (χ1n) is 6.97. The quantitative estimate of drug-likeness (QED) is 0.764. The summed E-state index contributed by atoms with van der Waals surface area (Å²) in [7, 11) is 0. The molecule has 1 atom stereocenters. The lowest BCUT2D eigenvalue weighted by molar-refractivity contribution is 0.249. The van der Waals surface area contributed by atoms with Crippen molar-refractivity contribution in [3.63, 3.8) is 0 Å². The molecule has 3 nitrogen and oxygen atoms in total. The smallest absolute Gasteiger partial charge is 0.319 e. The summed E-state index contributed by atoms with van der Waals surface area (Å²) < 4.78 is 0. The normalized spacial score (nSPS) is 11.9. The zero-order chi connectivity index (χ0) is 16.3. The maximum Gasteiger partial charge on any atom is 0.319 e. The summed E-state index contributed by atoms with van der Waals surface area (Å²) in [4.78, 5) is 12.1. The Morgan fingerprint density at radius 3 is 2.50 bits per heavy atom. The fraction of sp³-hybridized carbons (Fsp3) is 0.235. The fourth-order valence-corrected chi connectivity index (χ4v) is 2.42. The lowest BCUT2D eigenvalue weighted by Gasteiger charge is -2.17. The van der Waals surface area contributed by atoms with Crippen LogP contribution >= 0.6 is 23.2 Å². The average Bonchev–Trinajstić information content (AvgIpc) is 2.46. The third kappa shape index (κ3) is 3.93. The van der Waals surface area contributed by atoms with Gasteiger partial charge < -0.3 is 10.6 Å². The van der Waals surface area contributed by atoms with E-state index >= 15 is 0 Å². The number of hydrogen-bond acceptors (Lipinski definition) is 1. The van der Waals surface area contributed by atoms with E-state index in [2.05, 4.69) is 36.6 Å². The Kier molecular flexibility index (Phi) is 5.33. The van der Waals surface area contributed by atoms with Crippen LogP contribution < -0.4 is 10.6 Å². The molecule has 0 aliphatic carbocycles. The van der Waals surface area contributed by atoms with Crippen molar-refractivity contribution in [1.82, 2.24) is 5.32 Å². The highest BCUT2D eigenvalue weighted by atomic mass is 35.5. The van der Waals surface area contributed by atoms with Gasteiger partial charge >= 0.3 is 6.03 Å². The second kappa shape index (κ2) is 7.03. The molecule has 116 valence electrons. The number of aryl methyl sites for hydroxylation is 2. The molecule has 0 aromatic heterocycles. The van der Waals surface area contributed by atoms with Crippen LogP contribution in [0.25, 0.3) is 0 Å². The van der Waals surface area contributed by atoms with E-state index in [1.807, 2.05) is 13.0 Å². The number of benzene rings is 2. The van der Waals surface area contributed by atoms with Crippen LogP contribution in [0.5, 0.6) is 0 Å². The van der Waals surface area contributed by atoms with E-state index < -0.39 is 0 Å². The fourth-order valence-electron chi connectivity index (χ4n) is 2.07. The summed E-state index contributed by atoms with van der Waals surface area (Å²) in [6.45, 7) is 6.05. The van der Waals surface area contributed by atoms with E-state index in [0.717, 1.165) is 5.56 Å². The molecule has 0 aliphatic rings. The number of amides is 2. The third-order valence-electron chi connectivity index (χ3n) is 3.58. The van der Waals surface area contributed by atoms with Crippen molar-refractivity contribution in [2.75, 3.05) is 5.32 Å². The first kappa shape index (κ1) is 16.7. The summed E-state index contributed by atoms with van der Waals surface area (Å²) in [5, 5.41) is 6.33. The van der Waals surface area contributed by atoms with Gasteiger partial charge in [0.1, 0.15) is 0 Å². The Balaban J connectivity index is 2.05. The Bertz CT molecular complexity index is 701. The van der Waals surface area contributed by atoms with Gasteiger partial charge in [-0.05, 0) is 49.6 Å². The van der Waals surface area contributed by atoms with Gasteiger partial charge in [-0.1, -0.05) is 47.5 Å². The molecule has 5 heteroatoms. The summed E-state index contributed by atoms with van der Waals surface area (Å²) in [5.41, 5.74) is 3.96. The highest BCUT2D eigenvalue weighted by Crippen LogP contribution is 2.29. The lowest BCUT2D eigenvalue weighted by Crippen LogP contribution is -2.31. The molecule has 2 aromatic carbocycles. The lowest BCUT2D eigenvalue weighted by atomic mass is 10.0. The van der Waals surface area contributed by atoms with E-state index in [-0.39, 0.29) is 12.1 Å². The standard InChI is InChI=1S/C17H18Cl2N2O/c1-10-7-8-13(9-11(10)2)12(3)20-17(22)21-15-6-4-5-14(18)16(15)19/h4-9,12H,1-3H3,(H2,20,21,22). The molecule has 0 bridgehead atoms. The Morgan fingerprint density at radius 1 is 1.09 bits per heavy atom. The van der Waals surface area contributed by atoms with Gasteiger partial charge in [0.15, 0.2) is 0 Å². The summed E-state index contributed by atoms with van der Waals surface area (Å²) >= 11 is 12.0. The SMILES string of the molecule is Cc1ccc(C(C)NC(=O)Nc2cccc(Cl)c2Cl)cc1C. The van der Waals surface area contributed by atoms with Crippen LogP contribution in [-0.4, -0.2) is 6.03 Å². The van der Waals surface area contributed by atoms with E-state index in [1.165, 1.54) is 11.1 Å². The minimum absolute atomic E-state index is 0.114.